The van der Waals surface area contributed by atoms with E-state index in [9.17, 15) is 14.0 Å². The number of benzene rings is 3. The summed E-state index contributed by atoms with van der Waals surface area (Å²) >= 11 is 0. The zero-order valence-corrected chi connectivity index (χ0v) is 20.0. The second kappa shape index (κ2) is 9.65. The van der Waals surface area contributed by atoms with Crippen molar-refractivity contribution in [3.63, 3.8) is 0 Å². The van der Waals surface area contributed by atoms with Gasteiger partial charge in [0.25, 0.3) is 5.56 Å². The van der Waals surface area contributed by atoms with Crippen molar-refractivity contribution < 1.29 is 13.9 Å². The van der Waals surface area contributed by atoms with Crippen LogP contribution in [-0.2, 0) is 24.4 Å². The molecule has 2 aliphatic heterocycles. The maximum Gasteiger partial charge on any atom is 0.278 e. The normalized spacial score (nSPS) is 11.2. The van der Waals surface area contributed by atoms with Gasteiger partial charge in [0.2, 0.25) is 5.91 Å². The Labute approximate surface area is 207 Å². The van der Waals surface area contributed by atoms with E-state index in [2.05, 4.69) is 16.5 Å². The zero-order valence-electron chi connectivity index (χ0n) is 20.0. The summed E-state index contributed by atoms with van der Waals surface area (Å²) in [5, 5.41) is 7.74. The lowest BCUT2D eigenvalue weighted by Gasteiger charge is -2.14. The topological polar surface area (TPSA) is 78.2 Å². The van der Waals surface area contributed by atoms with E-state index < -0.39 is 11.4 Å². The predicted octanol–water partition coefficient (Wildman–Crippen LogP) is 4.12. The quantitative estimate of drug-likeness (QED) is 0.377. The van der Waals surface area contributed by atoms with Gasteiger partial charge < -0.3 is 14.6 Å². The number of aryl methyl sites for hydroxylation is 1. The third-order valence-electron chi connectivity index (χ3n) is 6.13. The zero-order chi connectivity index (χ0) is 25.2. The molecule has 3 aromatic rings. The number of nitrogens with one attached hydrogen (secondary N) is 1. The Bertz CT molecular complexity index is 1590. The number of fused-ring (bicyclic) bond motifs is 3. The number of hydrogen-bond acceptors (Lipinski definition) is 4. The third kappa shape index (κ3) is 4.70. The van der Waals surface area contributed by atoms with Crippen LogP contribution < -0.4 is 15.6 Å². The van der Waals surface area contributed by atoms with E-state index in [4.69, 9.17) is 4.74 Å². The van der Waals surface area contributed by atoms with Gasteiger partial charge in [-0.1, -0.05) is 42.0 Å². The highest BCUT2D eigenvalue weighted by Gasteiger charge is 2.21. The molecule has 0 saturated carbocycles. The largest absolute Gasteiger partial charge is 0.497 e. The van der Waals surface area contributed by atoms with E-state index in [1.54, 1.807) is 19.4 Å². The number of methoxy groups -OCH3 is 1. The molecule has 0 bridgehead atoms. The number of rotatable bonds is 7. The first kappa shape index (κ1) is 23.3. The van der Waals surface area contributed by atoms with Crippen molar-refractivity contribution in [3.05, 3.63) is 106 Å². The number of nitrogens with zero attached hydrogens (tertiary/aromatic N) is 3. The summed E-state index contributed by atoms with van der Waals surface area (Å²) in [6.45, 7) is 2.60. The summed E-state index contributed by atoms with van der Waals surface area (Å²) in [5.74, 6) is -0.0391. The van der Waals surface area contributed by atoms with Crippen molar-refractivity contribution in [3.8, 4) is 17.0 Å². The van der Waals surface area contributed by atoms with Gasteiger partial charge in [-0.15, -0.1) is 0 Å². The van der Waals surface area contributed by atoms with Crippen LogP contribution in [0.25, 0.3) is 22.2 Å². The smallest absolute Gasteiger partial charge is 0.278 e. The highest BCUT2D eigenvalue weighted by molar-refractivity contribution is 5.93. The average Bonchev–Trinajstić information content (AvgIpc) is 3.18. The van der Waals surface area contributed by atoms with Crippen LogP contribution in [0, 0.1) is 12.7 Å². The van der Waals surface area contributed by atoms with Crippen LogP contribution in [0.3, 0.4) is 0 Å². The molecule has 8 heteroatoms. The minimum absolute atomic E-state index is 0.238. The monoisotopic (exact) mass is 484 g/mol. The molecule has 5 rings (SSSR count). The van der Waals surface area contributed by atoms with Crippen LogP contribution in [0.2, 0.25) is 0 Å². The first-order chi connectivity index (χ1) is 17.4. The van der Waals surface area contributed by atoms with Gasteiger partial charge in [0.15, 0.2) is 0 Å². The number of ether oxygens (including phenoxy) is 1. The van der Waals surface area contributed by atoms with Crippen molar-refractivity contribution in [1.29, 1.82) is 0 Å². The Morgan fingerprint density at radius 2 is 1.86 bits per heavy atom. The lowest BCUT2D eigenvalue weighted by molar-refractivity contribution is -0.122. The van der Waals surface area contributed by atoms with Crippen LogP contribution in [0.1, 0.15) is 16.7 Å². The summed E-state index contributed by atoms with van der Waals surface area (Å²) < 4.78 is 22.4. The van der Waals surface area contributed by atoms with E-state index >= 15 is 0 Å². The number of hydrogen-bond donors (Lipinski definition) is 1. The Morgan fingerprint density at radius 1 is 1.06 bits per heavy atom. The maximum atomic E-state index is 14.2. The molecule has 36 heavy (non-hydrogen) atoms. The molecule has 3 aromatic carbocycles. The first-order valence-corrected chi connectivity index (χ1v) is 11.6. The Hall–Kier alpha value is -4.46. The molecule has 0 atom stereocenters. The molecule has 0 aromatic heterocycles. The molecule has 0 unspecified atom stereocenters. The number of carbonyl (C=O) groups is 1. The fourth-order valence-corrected chi connectivity index (χ4v) is 4.33. The highest BCUT2D eigenvalue weighted by atomic mass is 19.1. The Morgan fingerprint density at radius 3 is 2.61 bits per heavy atom. The Balaban J connectivity index is 1.45. The van der Waals surface area contributed by atoms with E-state index in [-0.39, 0.29) is 12.5 Å². The molecular formula is C28H25FN4O3. The second-order valence-corrected chi connectivity index (χ2v) is 8.76. The van der Waals surface area contributed by atoms with Crippen molar-refractivity contribution >= 4 is 16.8 Å². The molecule has 2 heterocycles. The van der Waals surface area contributed by atoms with Crippen LogP contribution in [0.15, 0.2) is 77.7 Å². The molecule has 7 nitrogen and oxygen atoms in total. The Kier molecular flexibility index (Phi) is 6.25. The summed E-state index contributed by atoms with van der Waals surface area (Å²) in [4.78, 5) is 25.8. The van der Waals surface area contributed by atoms with E-state index in [1.165, 1.54) is 12.1 Å². The molecule has 0 radical (unpaired) electrons. The lowest BCUT2D eigenvalue weighted by Crippen LogP contribution is -2.31. The summed E-state index contributed by atoms with van der Waals surface area (Å²) in [5.41, 5.74) is 4.15. The van der Waals surface area contributed by atoms with Gasteiger partial charge in [-0.05, 0) is 48.4 Å². The lowest BCUT2D eigenvalue weighted by atomic mass is 10.1. The van der Waals surface area contributed by atoms with E-state index in [0.717, 1.165) is 32.6 Å². The minimum atomic E-state index is -0.420. The van der Waals surface area contributed by atoms with Gasteiger partial charge in [0.1, 0.15) is 23.8 Å². The number of pyridine rings is 1. The van der Waals surface area contributed by atoms with Gasteiger partial charge in [0, 0.05) is 24.7 Å². The predicted molar refractivity (Wildman–Crippen MR) is 136 cm³/mol. The molecule has 0 aliphatic carbocycles. The van der Waals surface area contributed by atoms with E-state index in [1.807, 2.05) is 54.0 Å². The molecule has 2 aliphatic rings. The first-order valence-electron chi connectivity index (χ1n) is 11.6. The van der Waals surface area contributed by atoms with Crippen molar-refractivity contribution in [1.82, 2.24) is 19.7 Å². The summed E-state index contributed by atoms with van der Waals surface area (Å²) in [6.07, 6.45) is 1.74. The second-order valence-electron chi connectivity index (χ2n) is 8.76. The third-order valence-corrected chi connectivity index (χ3v) is 6.13. The fourth-order valence-electron chi connectivity index (χ4n) is 4.33. The van der Waals surface area contributed by atoms with Gasteiger partial charge in [-0.2, -0.15) is 5.10 Å². The molecule has 0 saturated heterocycles. The minimum Gasteiger partial charge on any atom is -0.497 e. The summed E-state index contributed by atoms with van der Waals surface area (Å²) in [6, 6.07) is 19.9. The maximum absolute atomic E-state index is 14.2. The van der Waals surface area contributed by atoms with Crippen LogP contribution in [0.4, 0.5) is 4.39 Å². The van der Waals surface area contributed by atoms with Crippen molar-refractivity contribution in [2.45, 2.75) is 26.6 Å². The molecule has 0 spiro atoms. The SMILES string of the molecule is COc1ccc(CNC(=O)Cn2nc3c4cc(F)ccc4n(Cc4cccc(C)c4)cc-3c2=O)cc1. The number of carbonyl (C=O) groups excluding carboxylic acids is 1. The molecular weight excluding hydrogens is 459 g/mol. The van der Waals surface area contributed by atoms with Crippen LogP contribution in [0.5, 0.6) is 5.75 Å². The van der Waals surface area contributed by atoms with Gasteiger partial charge >= 0.3 is 0 Å². The summed E-state index contributed by atoms with van der Waals surface area (Å²) in [7, 11) is 1.59. The molecule has 182 valence electrons. The molecule has 1 N–H and O–H groups in total. The molecule has 1 amide bonds. The van der Waals surface area contributed by atoms with Crippen LogP contribution >= 0.6 is 0 Å². The van der Waals surface area contributed by atoms with Gasteiger partial charge in [0.05, 0.1) is 18.2 Å². The number of aromatic nitrogens is 3. The fraction of sp³-hybridized carbons (Fsp3) is 0.179. The van der Waals surface area contributed by atoms with Gasteiger partial charge in [-0.25, -0.2) is 9.07 Å². The van der Waals surface area contributed by atoms with Crippen molar-refractivity contribution in [2.24, 2.45) is 0 Å². The number of amides is 1. The van der Waals surface area contributed by atoms with Crippen molar-refractivity contribution in [2.75, 3.05) is 7.11 Å². The number of halogens is 1. The molecule has 0 fully saturated rings. The standard InChI is InChI=1S/C28H25FN4O3/c1-18-4-3-5-20(12-18)15-32-16-24-27(23-13-21(29)8-11-25(23)32)31-33(28(24)35)17-26(34)30-14-19-6-9-22(36-2)10-7-19/h3-13,16H,14-15,17H2,1-2H3,(H,30,34). The highest BCUT2D eigenvalue weighted by Crippen LogP contribution is 2.28. The average molecular weight is 485 g/mol. The van der Waals surface area contributed by atoms with Gasteiger partial charge in [-0.3, -0.25) is 9.59 Å². The van der Waals surface area contributed by atoms with E-state index in [0.29, 0.717) is 29.7 Å². The van der Waals surface area contributed by atoms with Crippen LogP contribution in [-0.4, -0.2) is 27.4 Å².